The number of hydrogen-bond donors (Lipinski definition) is 1. The molecule has 1 heterocycles. The Labute approximate surface area is 143 Å². The fourth-order valence-electron chi connectivity index (χ4n) is 3.22. The van der Waals surface area contributed by atoms with Crippen LogP contribution in [0.2, 0.25) is 0 Å². The highest BCUT2D eigenvalue weighted by Crippen LogP contribution is 2.39. The lowest BCUT2D eigenvalue weighted by molar-refractivity contribution is 0.0472. The molecular formula is C19H23NO3S. The van der Waals surface area contributed by atoms with E-state index >= 15 is 0 Å². The number of para-hydroxylation sites is 1. The Hall–Kier alpha value is -1.85. The van der Waals surface area contributed by atoms with Gasteiger partial charge in [-0.15, -0.1) is 0 Å². The fourth-order valence-corrected chi connectivity index (χ4v) is 4.78. The number of nitrogens with zero attached hydrogens (tertiary/aromatic N) is 1. The molecule has 1 aliphatic rings. The fraction of sp³-hybridized carbons (Fsp3) is 0.368. The van der Waals surface area contributed by atoms with E-state index in [0.717, 1.165) is 12.0 Å². The molecular weight excluding hydrogens is 322 g/mol. The Morgan fingerprint density at radius 2 is 1.75 bits per heavy atom. The van der Waals surface area contributed by atoms with Gasteiger partial charge in [-0.2, -0.15) is 0 Å². The van der Waals surface area contributed by atoms with E-state index in [-0.39, 0.29) is 5.75 Å². The number of hydrogen-bond acceptors (Lipinski definition) is 3. The van der Waals surface area contributed by atoms with Crippen molar-refractivity contribution in [3.63, 3.8) is 0 Å². The zero-order chi connectivity index (χ0) is 17.2. The average Bonchev–Trinajstić information content (AvgIpc) is 2.55. The highest BCUT2D eigenvalue weighted by Gasteiger charge is 2.37. The van der Waals surface area contributed by atoms with Gasteiger partial charge in [-0.25, -0.2) is 8.42 Å². The second-order valence-electron chi connectivity index (χ2n) is 6.52. The number of aryl methyl sites for hydroxylation is 1. The molecule has 4 nitrogen and oxygen atoms in total. The van der Waals surface area contributed by atoms with Crippen LogP contribution in [0.3, 0.4) is 0 Å². The molecule has 0 bridgehead atoms. The van der Waals surface area contributed by atoms with Crippen molar-refractivity contribution in [2.24, 2.45) is 0 Å². The van der Waals surface area contributed by atoms with Crippen LogP contribution in [0.25, 0.3) is 0 Å². The molecule has 2 aromatic rings. The summed E-state index contributed by atoms with van der Waals surface area (Å²) in [5.41, 5.74) is 1.46. The van der Waals surface area contributed by atoms with E-state index in [1.165, 1.54) is 4.31 Å². The number of sulfonamides is 1. The van der Waals surface area contributed by atoms with Gasteiger partial charge in [0.25, 0.3) is 0 Å². The largest absolute Gasteiger partial charge is 0.385 e. The molecule has 5 heteroatoms. The van der Waals surface area contributed by atoms with Crippen molar-refractivity contribution in [3.05, 3.63) is 65.7 Å². The molecule has 24 heavy (non-hydrogen) atoms. The number of benzene rings is 2. The maximum absolute atomic E-state index is 12.8. The van der Waals surface area contributed by atoms with Gasteiger partial charge in [0.1, 0.15) is 0 Å². The Kier molecular flexibility index (Phi) is 4.65. The van der Waals surface area contributed by atoms with Crippen LogP contribution >= 0.6 is 0 Å². The minimum absolute atomic E-state index is 0.109. The van der Waals surface area contributed by atoms with E-state index < -0.39 is 15.6 Å². The normalized spacial score (nSPS) is 20.7. The first-order valence-corrected chi connectivity index (χ1v) is 9.87. The first-order chi connectivity index (χ1) is 11.4. The summed E-state index contributed by atoms with van der Waals surface area (Å²) in [7, 11) is -3.39. The van der Waals surface area contributed by atoms with E-state index in [1.807, 2.05) is 42.5 Å². The average molecular weight is 345 g/mol. The van der Waals surface area contributed by atoms with E-state index in [1.54, 1.807) is 19.1 Å². The summed E-state index contributed by atoms with van der Waals surface area (Å²) in [5.74, 6) is 0.109. The lowest BCUT2D eigenvalue weighted by Gasteiger charge is -2.38. The molecule has 0 aliphatic carbocycles. The molecule has 1 N–H and O–H groups in total. The van der Waals surface area contributed by atoms with Crippen LogP contribution in [0.5, 0.6) is 0 Å². The monoisotopic (exact) mass is 345 g/mol. The zero-order valence-electron chi connectivity index (χ0n) is 13.9. The van der Waals surface area contributed by atoms with E-state index in [2.05, 4.69) is 0 Å². The van der Waals surface area contributed by atoms with E-state index in [9.17, 15) is 13.5 Å². The van der Waals surface area contributed by atoms with Gasteiger partial charge >= 0.3 is 0 Å². The first-order valence-electron chi connectivity index (χ1n) is 8.26. The standard InChI is InChI=1S/C19H23NO3S/c1-19(21)13-14-20(18-12-6-5-11-17(18)19)24(22,23)15-7-10-16-8-3-2-4-9-16/h2-6,8-9,11-12,21H,7,10,13-15H2,1H3. The van der Waals surface area contributed by atoms with Crippen molar-refractivity contribution >= 4 is 15.7 Å². The maximum atomic E-state index is 12.8. The summed E-state index contributed by atoms with van der Waals surface area (Å²) in [6.07, 6.45) is 1.73. The van der Waals surface area contributed by atoms with Gasteiger partial charge in [-0.1, -0.05) is 48.5 Å². The van der Waals surface area contributed by atoms with Gasteiger partial charge < -0.3 is 5.11 Å². The Bertz CT molecular complexity index is 800. The predicted molar refractivity (Wildman–Crippen MR) is 96.5 cm³/mol. The quantitative estimate of drug-likeness (QED) is 0.906. The number of aliphatic hydroxyl groups is 1. The number of fused-ring (bicyclic) bond motifs is 1. The van der Waals surface area contributed by atoms with Crippen LogP contribution in [-0.4, -0.2) is 25.8 Å². The zero-order valence-corrected chi connectivity index (χ0v) is 14.7. The molecule has 0 saturated carbocycles. The van der Waals surface area contributed by atoms with Gasteiger partial charge in [0.2, 0.25) is 10.0 Å². The van der Waals surface area contributed by atoms with Crippen molar-refractivity contribution in [3.8, 4) is 0 Å². The van der Waals surface area contributed by atoms with Gasteiger partial charge in [0, 0.05) is 12.1 Å². The van der Waals surface area contributed by atoms with Gasteiger partial charge in [0.05, 0.1) is 17.0 Å². The van der Waals surface area contributed by atoms with Crippen molar-refractivity contribution < 1.29 is 13.5 Å². The molecule has 0 aromatic heterocycles. The molecule has 1 aliphatic heterocycles. The van der Waals surface area contributed by atoms with Crippen LogP contribution in [0.4, 0.5) is 5.69 Å². The van der Waals surface area contributed by atoms with Crippen molar-refractivity contribution in [2.75, 3.05) is 16.6 Å². The molecule has 0 fully saturated rings. The summed E-state index contributed by atoms with van der Waals surface area (Å²) < 4.78 is 27.1. The SMILES string of the molecule is CC1(O)CCN(S(=O)(=O)CCCc2ccccc2)c2ccccc21. The molecule has 1 atom stereocenters. The second kappa shape index (κ2) is 6.57. The van der Waals surface area contributed by atoms with Gasteiger partial charge in [0.15, 0.2) is 0 Å². The molecule has 0 amide bonds. The van der Waals surface area contributed by atoms with Crippen LogP contribution in [0.15, 0.2) is 54.6 Å². The van der Waals surface area contributed by atoms with Crippen molar-refractivity contribution in [1.29, 1.82) is 0 Å². The summed E-state index contributed by atoms with van der Waals surface area (Å²) in [6.45, 7) is 2.06. The molecule has 0 saturated heterocycles. The Morgan fingerprint density at radius 1 is 1.08 bits per heavy atom. The van der Waals surface area contributed by atoms with E-state index in [4.69, 9.17) is 0 Å². The third-order valence-corrected chi connectivity index (χ3v) is 6.46. The lowest BCUT2D eigenvalue weighted by Crippen LogP contribution is -2.43. The van der Waals surface area contributed by atoms with Crippen molar-refractivity contribution in [2.45, 2.75) is 31.8 Å². The van der Waals surface area contributed by atoms with E-state index in [0.29, 0.717) is 30.6 Å². The first kappa shape index (κ1) is 17.0. The maximum Gasteiger partial charge on any atom is 0.235 e. The van der Waals surface area contributed by atoms with Crippen LogP contribution < -0.4 is 4.31 Å². The Balaban J connectivity index is 1.75. The van der Waals surface area contributed by atoms with Gasteiger partial charge in [-0.3, -0.25) is 4.31 Å². The van der Waals surface area contributed by atoms with Gasteiger partial charge in [-0.05, 0) is 37.8 Å². The third kappa shape index (κ3) is 3.47. The minimum atomic E-state index is -3.39. The highest BCUT2D eigenvalue weighted by molar-refractivity contribution is 7.92. The minimum Gasteiger partial charge on any atom is -0.385 e. The smallest absolute Gasteiger partial charge is 0.235 e. The van der Waals surface area contributed by atoms with Crippen LogP contribution in [-0.2, 0) is 22.0 Å². The number of anilines is 1. The third-order valence-electron chi connectivity index (χ3n) is 4.60. The summed E-state index contributed by atoms with van der Waals surface area (Å²) in [6, 6.07) is 17.1. The molecule has 128 valence electrons. The Morgan fingerprint density at radius 3 is 2.50 bits per heavy atom. The molecule has 2 aromatic carbocycles. The number of rotatable bonds is 5. The summed E-state index contributed by atoms with van der Waals surface area (Å²) in [4.78, 5) is 0. The predicted octanol–water partition coefficient (Wildman–Crippen LogP) is 3.07. The van der Waals surface area contributed by atoms with Crippen molar-refractivity contribution in [1.82, 2.24) is 0 Å². The summed E-state index contributed by atoms with van der Waals surface area (Å²) >= 11 is 0. The summed E-state index contributed by atoms with van der Waals surface area (Å²) in [5, 5.41) is 10.5. The second-order valence-corrected chi connectivity index (χ2v) is 8.53. The molecule has 1 unspecified atom stereocenters. The van der Waals surface area contributed by atoms with Crippen LogP contribution in [0.1, 0.15) is 30.9 Å². The highest BCUT2D eigenvalue weighted by atomic mass is 32.2. The molecule has 0 radical (unpaired) electrons. The molecule has 3 rings (SSSR count). The molecule has 0 spiro atoms. The van der Waals surface area contributed by atoms with Crippen LogP contribution in [0, 0.1) is 0 Å². The lowest BCUT2D eigenvalue weighted by atomic mass is 9.88. The topological polar surface area (TPSA) is 57.6 Å².